The minimum absolute atomic E-state index is 0.264. The molecule has 23 heavy (non-hydrogen) atoms. The number of rotatable bonds is 6. The zero-order valence-electron chi connectivity index (χ0n) is 14.7. The predicted octanol–water partition coefficient (Wildman–Crippen LogP) is 1.77. The Kier molecular flexibility index (Phi) is 4.95. The van der Waals surface area contributed by atoms with E-state index in [1.807, 2.05) is 32.4 Å². The van der Waals surface area contributed by atoms with Gasteiger partial charge in [-0.1, -0.05) is 6.92 Å². The third kappa shape index (κ3) is 3.05. The summed E-state index contributed by atoms with van der Waals surface area (Å²) in [6, 6.07) is 0. The van der Waals surface area contributed by atoms with Crippen LogP contribution in [0, 0.1) is 20.8 Å². The fourth-order valence-corrected chi connectivity index (χ4v) is 4.29. The van der Waals surface area contributed by atoms with E-state index < -0.39 is 10.0 Å². The largest absolute Gasteiger partial charge is 0.272 e. The molecule has 128 valence electrons. The minimum atomic E-state index is -3.58. The molecule has 0 radical (unpaired) electrons. The summed E-state index contributed by atoms with van der Waals surface area (Å²) in [5.74, 6) is 0. The van der Waals surface area contributed by atoms with E-state index in [1.54, 1.807) is 18.7 Å². The van der Waals surface area contributed by atoms with Crippen molar-refractivity contribution in [1.82, 2.24) is 23.9 Å². The molecule has 8 heteroatoms. The number of sulfonamides is 1. The van der Waals surface area contributed by atoms with Crippen LogP contribution in [0.4, 0.5) is 0 Å². The van der Waals surface area contributed by atoms with E-state index in [1.165, 1.54) is 10.5 Å². The summed E-state index contributed by atoms with van der Waals surface area (Å²) < 4.78 is 30.9. The fourth-order valence-electron chi connectivity index (χ4n) is 2.68. The van der Waals surface area contributed by atoms with Gasteiger partial charge < -0.3 is 0 Å². The lowest BCUT2D eigenvalue weighted by atomic mass is 10.2. The monoisotopic (exact) mass is 339 g/mol. The first kappa shape index (κ1) is 17.7. The maximum Gasteiger partial charge on any atom is 0.246 e. The Morgan fingerprint density at radius 1 is 1.17 bits per heavy atom. The molecule has 0 spiro atoms. The molecule has 0 aliphatic heterocycles. The van der Waals surface area contributed by atoms with E-state index in [9.17, 15) is 8.42 Å². The minimum Gasteiger partial charge on any atom is -0.272 e. The Bertz CT molecular complexity index is 804. The van der Waals surface area contributed by atoms with E-state index in [0.717, 1.165) is 23.5 Å². The zero-order chi connectivity index (χ0) is 17.4. The van der Waals surface area contributed by atoms with Gasteiger partial charge in [0.1, 0.15) is 4.90 Å². The topological polar surface area (TPSA) is 73.0 Å². The molecule has 0 N–H and O–H groups in total. The summed E-state index contributed by atoms with van der Waals surface area (Å²) in [5, 5.41) is 8.52. The highest BCUT2D eigenvalue weighted by molar-refractivity contribution is 7.89. The van der Waals surface area contributed by atoms with Gasteiger partial charge in [0, 0.05) is 37.9 Å². The number of aromatic nitrogens is 4. The van der Waals surface area contributed by atoms with Gasteiger partial charge in [-0.15, -0.1) is 0 Å². The highest BCUT2D eigenvalue weighted by Gasteiger charge is 2.28. The van der Waals surface area contributed by atoms with Crippen molar-refractivity contribution in [2.75, 3.05) is 6.54 Å². The first-order valence-corrected chi connectivity index (χ1v) is 9.19. The van der Waals surface area contributed by atoms with Crippen LogP contribution in [0.15, 0.2) is 11.1 Å². The number of aryl methyl sites for hydroxylation is 3. The van der Waals surface area contributed by atoms with Gasteiger partial charge in [-0.3, -0.25) is 9.36 Å². The van der Waals surface area contributed by atoms with Crippen LogP contribution in [-0.2, 0) is 30.2 Å². The van der Waals surface area contributed by atoms with Crippen molar-refractivity contribution >= 4 is 10.0 Å². The van der Waals surface area contributed by atoms with Crippen LogP contribution in [0.2, 0.25) is 0 Å². The normalized spacial score (nSPS) is 12.3. The van der Waals surface area contributed by atoms with E-state index >= 15 is 0 Å². The smallest absolute Gasteiger partial charge is 0.246 e. The molecule has 0 atom stereocenters. The van der Waals surface area contributed by atoms with Crippen LogP contribution in [-0.4, -0.2) is 38.8 Å². The molecule has 0 saturated carbocycles. The average Bonchev–Trinajstić information content (AvgIpc) is 2.97. The SMILES string of the molecule is CCN(Cc1c(C)nn(CC)c1C)S(=O)(=O)c1cnn(C)c1C. The van der Waals surface area contributed by atoms with Crippen molar-refractivity contribution in [3.63, 3.8) is 0 Å². The van der Waals surface area contributed by atoms with Gasteiger partial charge in [0.25, 0.3) is 0 Å². The Labute approximate surface area is 138 Å². The second kappa shape index (κ2) is 6.45. The highest BCUT2D eigenvalue weighted by atomic mass is 32.2. The van der Waals surface area contributed by atoms with Gasteiger partial charge in [0.15, 0.2) is 0 Å². The maximum atomic E-state index is 12.9. The van der Waals surface area contributed by atoms with Gasteiger partial charge in [-0.2, -0.15) is 14.5 Å². The van der Waals surface area contributed by atoms with Crippen molar-refractivity contribution in [2.45, 2.75) is 52.6 Å². The summed E-state index contributed by atoms with van der Waals surface area (Å²) >= 11 is 0. The van der Waals surface area contributed by atoms with Crippen molar-refractivity contribution in [1.29, 1.82) is 0 Å². The molecule has 0 aliphatic carbocycles. The Morgan fingerprint density at radius 2 is 1.83 bits per heavy atom. The molecular formula is C15H25N5O2S. The molecule has 0 aromatic carbocycles. The molecule has 0 fully saturated rings. The third-order valence-corrected chi connectivity index (χ3v) is 6.35. The van der Waals surface area contributed by atoms with Gasteiger partial charge in [-0.05, 0) is 27.7 Å². The molecule has 7 nitrogen and oxygen atoms in total. The molecule has 0 amide bonds. The van der Waals surface area contributed by atoms with Crippen molar-refractivity contribution in [3.05, 3.63) is 28.8 Å². The highest BCUT2D eigenvalue weighted by Crippen LogP contribution is 2.23. The number of hydrogen-bond donors (Lipinski definition) is 0. The van der Waals surface area contributed by atoms with E-state index in [0.29, 0.717) is 18.8 Å². The lowest BCUT2D eigenvalue weighted by Crippen LogP contribution is -2.31. The van der Waals surface area contributed by atoms with Gasteiger partial charge in [0.05, 0.1) is 17.6 Å². The van der Waals surface area contributed by atoms with E-state index in [4.69, 9.17) is 0 Å². The van der Waals surface area contributed by atoms with Crippen LogP contribution in [0.5, 0.6) is 0 Å². The summed E-state index contributed by atoms with van der Waals surface area (Å²) in [6.45, 7) is 11.0. The molecule has 0 aliphatic rings. The molecule has 0 saturated heterocycles. The Morgan fingerprint density at radius 3 is 2.26 bits per heavy atom. The Balaban J connectivity index is 2.41. The quantitative estimate of drug-likeness (QED) is 0.804. The Hall–Kier alpha value is -1.67. The second-order valence-electron chi connectivity index (χ2n) is 5.61. The second-order valence-corrected chi connectivity index (χ2v) is 7.52. The third-order valence-electron chi connectivity index (χ3n) is 4.33. The molecule has 2 aromatic rings. The average molecular weight is 339 g/mol. The summed E-state index contributed by atoms with van der Waals surface area (Å²) in [7, 11) is -1.84. The fraction of sp³-hybridized carbons (Fsp3) is 0.600. The van der Waals surface area contributed by atoms with E-state index in [-0.39, 0.29) is 4.90 Å². The van der Waals surface area contributed by atoms with Crippen LogP contribution in [0.1, 0.15) is 36.5 Å². The van der Waals surface area contributed by atoms with Crippen molar-refractivity contribution in [3.8, 4) is 0 Å². The lowest BCUT2D eigenvalue weighted by Gasteiger charge is -2.20. The van der Waals surface area contributed by atoms with Gasteiger partial charge >= 0.3 is 0 Å². The molecule has 0 bridgehead atoms. The van der Waals surface area contributed by atoms with Crippen LogP contribution in [0.25, 0.3) is 0 Å². The van der Waals surface area contributed by atoms with Crippen molar-refractivity contribution < 1.29 is 8.42 Å². The van der Waals surface area contributed by atoms with E-state index in [2.05, 4.69) is 10.2 Å². The zero-order valence-corrected chi connectivity index (χ0v) is 15.5. The maximum absolute atomic E-state index is 12.9. The molecular weight excluding hydrogens is 314 g/mol. The molecule has 2 aromatic heterocycles. The number of nitrogens with zero attached hydrogens (tertiary/aromatic N) is 5. The summed E-state index contributed by atoms with van der Waals surface area (Å²) in [4.78, 5) is 0.264. The van der Waals surface area contributed by atoms with Crippen LogP contribution < -0.4 is 0 Å². The van der Waals surface area contributed by atoms with Crippen LogP contribution in [0.3, 0.4) is 0 Å². The van der Waals surface area contributed by atoms with Gasteiger partial charge in [-0.25, -0.2) is 8.42 Å². The molecule has 2 heterocycles. The predicted molar refractivity (Wildman–Crippen MR) is 88.6 cm³/mol. The van der Waals surface area contributed by atoms with Crippen LogP contribution >= 0.6 is 0 Å². The summed E-state index contributed by atoms with van der Waals surface area (Å²) in [6.07, 6.45) is 1.42. The standard InChI is InChI=1S/C15H25N5O2S/c1-7-19(10-14-11(3)17-20(8-2)12(14)4)23(21,22)15-9-16-18(6)13(15)5/h9H,7-8,10H2,1-6H3. The lowest BCUT2D eigenvalue weighted by molar-refractivity contribution is 0.421. The van der Waals surface area contributed by atoms with Crippen molar-refractivity contribution in [2.24, 2.45) is 7.05 Å². The number of hydrogen-bond acceptors (Lipinski definition) is 4. The molecule has 0 unspecified atom stereocenters. The van der Waals surface area contributed by atoms with Gasteiger partial charge in [0.2, 0.25) is 10.0 Å². The molecule has 2 rings (SSSR count). The first-order chi connectivity index (χ1) is 10.7. The first-order valence-electron chi connectivity index (χ1n) is 7.75. The summed E-state index contributed by atoms with van der Waals surface area (Å²) in [5.41, 5.74) is 3.50.